The van der Waals surface area contributed by atoms with Crippen molar-refractivity contribution < 1.29 is 0 Å². The van der Waals surface area contributed by atoms with Gasteiger partial charge in [-0.3, -0.25) is 0 Å². The van der Waals surface area contributed by atoms with E-state index in [0.29, 0.717) is 6.04 Å². The molecule has 1 fully saturated rings. The van der Waals surface area contributed by atoms with Gasteiger partial charge in [0, 0.05) is 36.6 Å². The Balaban J connectivity index is 1.89. The largest absolute Gasteiger partial charge is 0.361 e. The molecule has 2 nitrogen and oxygen atoms in total. The van der Waals surface area contributed by atoms with E-state index < -0.39 is 0 Å². The summed E-state index contributed by atoms with van der Waals surface area (Å²) in [6, 6.07) is 11.8. The van der Waals surface area contributed by atoms with Crippen molar-refractivity contribution in [3.05, 3.63) is 51.7 Å². The van der Waals surface area contributed by atoms with E-state index in [1.807, 2.05) is 11.3 Å². The topological polar surface area (TPSA) is 6.48 Å². The van der Waals surface area contributed by atoms with Crippen molar-refractivity contribution in [3.63, 3.8) is 0 Å². The van der Waals surface area contributed by atoms with Crippen molar-refractivity contribution in [3.8, 4) is 0 Å². The van der Waals surface area contributed by atoms with Crippen LogP contribution >= 0.6 is 11.3 Å². The van der Waals surface area contributed by atoms with Gasteiger partial charge in [0.2, 0.25) is 0 Å². The van der Waals surface area contributed by atoms with Crippen LogP contribution < -0.4 is 4.90 Å². The van der Waals surface area contributed by atoms with Gasteiger partial charge in [0.05, 0.1) is 6.04 Å². The Kier molecular flexibility index (Phi) is 2.64. The average molecular weight is 270 g/mol. The number of para-hydroxylation sites is 1. The second kappa shape index (κ2) is 4.36. The minimum Gasteiger partial charge on any atom is -0.361 e. The van der Waals surface area contributed by atoms with E-state index in [4.69, 9.17) is 0 Å². The maximum absolute atomic E-state index is 2.62. The summed E-state index contributed by atoms with van der Waals surface area (Å²) in [6.07, 6.45) is 1.09. The monoisotopic (exact) mass is 270 g/mol. The Morgan fingerprint density at radius 3 is 2.95 bits per heavy atom. The van der Waals surface area contributed by atoms with Crippen LogP contribution in [0.15, 0.2) is 35.7 Å². The van der Waals surface area contributed by atoms with E-state index in [0.717, 1.165) is 26.1 Å². The number of fused-ring (bicyclic) bond motifs is 5. The number of hydrogen-bond acceptors (Lipinski definition) is 3. The molecule has 0 amide bonds. The number of likely N-dealkylation sites (N-methyl/N-ethyl adjacent to an activating group) is 1. The SMILES string of the molecule is CN1CCN2c3ccccc3Cc3ccsc3[C@H]2C1. The van der Waals surface area contributed by atoms with Crippen molar-refractivity contribution in [2.45, 2.75) is 12.5 Å². The molecule has 0 spiro atoms. The number of anilines is 1. The zero-order valence-electron chi connectivity index (χ0n) is 11.2. The molecule has 1 saturated heterocycles. The van der Waals surface area contributed by atoms with Gasteiger partial charge in [0.25, 0.3) is 0 Å². The molecule has 98 valence electrons. The minimum atomic E-state index is 0.539. The molecule has 0 radical (unpaired) electrons. The fourth-order valence-corrected chi connectivity index (χ4v) is 4.39. The summed E-state index contributed by atoms with van der Waals surface area (Å²) in [4.78, 5) is 6.65. The van der Waals surface area contributed by atoms with Gasteiger partial charge in [-0.15, -0.1) is 11.3 Å². The van der Waals surface area contributed by atoms with Gasteiger partial charge < -0.3 is 9.80 Å². The maximum atomic E-state index is 2.62. The van der Waals surface area contributed by atoms with Gasteiger partial charge in [-0.2, -0.15) is 0 Å². The molecular weight excluding hydrogens is 252 g/mol. The number of rotatable bonds is 0. The highest BCUT2D eigenvalue weighted by molar-refractivity contribution is 7.10. The summed E-state index contributed by atoms with van der Waals surface area (Å²) >= 11 is 1.93. The lowest BCUT2D eigenvalue weighted by Gasteiger charge is -2.41. The van der Waals surface area contributed by atoms with Crippen molar-refractivity contribution >= 4 is 17.0 Å². The number of nitrogens with zero attached hydrogens (tertiary/aromatic N) is 2. The molecule has 3 heteroatoms. The molecule has 0 N–H and O–H groups in total. The van der Waals surface area contributed by atoms with Gasteiger partial charge in [-0.1, -0.05) is 18.2 Å². The number of thiophene rings is 1. The molecule has 1 atom stereocenters. The van der Waals surface area contributed by atoms with Crippen LogP contribution in [0.5, 0.6) is 0 Å². The summed E-state index contributed by atoms with van der Waals surface area (Å²) in [5.41, 5.74) is 4.46. The van der Waals surface area contributed by atoms with Crippen LogP contribution in [-0.2, 0) is 6.42 Å². The van der Waals surface area contributed by atoms with E-state index in [2.05, 4.69) is 52.6 Å². The minimum absolute atomic E-state index is 0.539. The molecule has 1 aromatic carbocycles. The number of piperazine rings is 1. The van der Waals surface area contributed by atoms with Gasteiger partial charge in [-0.25, -0.2) is 0 Å². The van der Waals surface area contributed by atoms with Crippen molar-refractivity contribution in [2.24, 2.45) is 0 Å². The lowest BCUT2D eigenvalue weighted by Crippen LogP contribution is -2.46. The van der Waals surface area contributed by atoms with Gasteiger partial charge in [0.1, 0.15) is 0 Å². The Morgan fingerprint density at radius 1 is 1.11 bits per heavy atom. The van der Waals surface area contributed by atoms with E-state index in [9.17, 15) is 0 Å². The molecule has 2 aliphatic heterocycles. The highest BCUT2D eigenvalue weighted by Gasteiger charge is 2.32. The number of benzene rings is 1. The molecule has 2 aromatic rings. The molecule has 0 saturated carbocycles. The highest BCUT2D eigenvalue weighted by Crippen LogP contribution is 2.41. The summed E-state index contributed by atoms with van der Waals surface area (Å²) in [5.74, 6) is 0. The van der Waals surface area contributed by atoms with Crippen LogP contribution in [0.3, 0.4) is 0 Å². The van der Waals surface area contributed by atoms with Crippen LogP contribution in [0.4, 0.5) is 5.69 Å². The first kappa shape index (κ1) is 11.5. The maximum Gasteiger partial charge on any atom is 0.0765 e. The third kappa shape index (κ3) is 1.80. The van der Waals surface area contributed by atoms with Crippen LogP contribution in [0.1, 0.15) is 22.0 Å². The fraction of sp³-hybridized carbons (Fsp3) is 0.375. The molecule has 4 rings (SSSR count). The first-order valence-electron chi connectivity index (χ1n) is 6.92. The van der Waals surface area contributed by atoms with E-state index in [-0.39, 0.29) is 0 Å². The van der Waals surface area contributed by atoms with Crippen LogP contribution in [-0.4, -0.2) is 31.6 Å². The second-order valence-electron chi connectivity index (χ2n) is 5.59. The van der Waals surface area contributed by atoms with Crippen molar-refractivity contribution in [1.82, 2.24) is 4.90 Å². The summed E-state index contributed by atoms with van der Waals surface area (Å²) in [7, 11) is 2.24. The lowest BCUT2D eigenvalue weighted by atomic mass is 10.0. The normalized spacial score (nSPS) is 22.4. The zero-order chi connectivity index (χ0) is 12.8. The van der Waals surface area contributed by atoms with E-state index in [1.165, 1.54) is 16.8 Å². The Morgan fingerprint density at radius 2 is 2.00 bits per heavy atom. The molecule has 0 bridgehead atoms. The fourth-order valence-electron chi connectivity index (χ4n) is 3.36. The number of hydrogen-bond donors (Lipinski definition) is 0. The van der Waals surface area contributed by atoms with Gasteiger partial charge in [-0.05, 0) is 35.7 Å². The summed E-state index contributed by atoms with van der Waals surface area (Å²) < 4.78 is 0. The molecule has 2 aliphatic rings. The quantitative estimate of drug-likeness (QED) is 0.725. The van der Waals surface area contributed by atoms with Crippen molar-refractivity contribution in [1.29, 1.82) is 0 Å². The van der Waals surface area contributed by atoms with E-state index >= 15 is 0 Å². The predicted molar refractivity (Wildman–Crippen MR) is 81.2 cm³/mol. The summed E-state index contributed by atoms with van der Waals surface area (Å²) in [6.45, 7) is 3.43. The average Bonchev–Trinajstić information content (AvgIpc) is 2.83. The third-order valence-electron chi connectivity index (χ3n) is 4.35. The lowest BCUT2D eigenvalue weighted by molar-refractivity contribution is 0.271. The first-order chi connectivity index (χ1) is 9.33. The standard InChI is InChI=1S/C16H18N2S/c1-17-7-8-18-14-5-3-2-4-12(14)10-13-6-9-19-16(13)15(18)11-17/h2-6,9,15H,7-8,10-11H2,1H3/t15-/m1/s1. The smallest absolute Gasteiger partial charge is 0.0765 e. The second-order valence-corrected chi connectivity index (χ2v) is 6.53. The third-order valence-corrected chi connectivity index (χ3v) is 5.41. The van der Waals surface area contributed by atoms with Crippen LogP contribution in [0.2, 0.25) is 0 Å². The molecule has 0 unspecified atom stereocenters. The zero-order valence-corrected chi connectivity index (χ0v) is 12.0. The van der Waals surface area contributed by atoms with Gasteiger partial charge in [0.15, 0.2) is 0 Å². The van der Waals surface area contributed by atoms with Crippen LogP contribution in [0, 0.1) is 0 Å². The molecular formula is C16H18N2S. The molecule has 1 aromatic heterocycles. The Hall–Kier alpha value is -1.32. The molecule has 0 aliphatic carbocycles. The van der Waals surface area contributed by atoms with E-state index in [1.54, 1.807) is 4.88 Å². The van der Waals surface area contributed by atoms with Gasteiger partial charge >= 0.3 is 0 Å². The Labute approximate surface area is 118 Å². The molecule has 19 heavy (non-hydrogen) atoms. The highest BCUT2D eigenvalue weighted by atomic mass is 32.1. The van der Waals surface area contributed by atoms with Crippen LogP contribution in [0.25, 0.3) is 0 Å². The molecule has 3 heterocycles. The Bertz CT molecular complexity index is 604. The summed E-state index contributed by atoms with van der Waals surface area (Å²) in [5, 5.41) is 2.26. The van der Waals surface area contributed by atoms with Crippen molar-refractivity contribution in [2.75, 3.05) is 31.6 Å². The predicted octanol–water partition coefficient (Wildman–Crippen LogP) is 3.15. The first-order valence-corrected chi connectivity index (χ1v) is 7.80.